The maximum absolute atomic E-state index is 13.2. The van der Waals surface area contributed by atoms with Gasteiger partial charge in [0.15, 0.2) is 0 Å². The Hall–Kier alpha value is -2.18. The van der Waals surface area contributed by atoms with Gasteiger partial charge in [0.1, 0.15) is 11.4 Å². The minimum Gasteiger partial charge on any atom is -0.295 e. The molecule has 0 aliphatic heterocycles. The van der Waals surface area contributed by atoms with E-state index in [0.29, 0.717) is 13.0 Å². The highest BCUT2D eigenvalue weighted by molar-refractivity contribution is 5.23. The van der Waals surface area contributed by atoms with E-state index in [-0.39, 0.29) is 5.82 Å². The van der Waals surface area contributed by atoms with Crippen molar-refractivity contribution < 1.29 is 4.39 Å². The molecule has 0 saturated carbocycles. The summed E-state index contributed by atoms with van der Waals surface area (Å²) in [6.45, 7) is 2.45. The summed E-state index contributed by atoms with van der Waals surface area (Å²) in [5.41, 5.74) is 1.21. The lowest BCUT2D eigenvalue weighted by atomic mass is 9.94. The Kier molecular flexibility index (Phi) is 4.49. The number of nitriles is 1. The molecule has 2 nitrogen and oxygen atoms in total. The van der Waals surface area contributed by atoms with Crippen molar-refractivity contribution in [3.8, 4) is 6.07 Å². The molecule has 0 spiro atoms. The molecule has 0 aromatic heterocycles. The van der Waals surface area contributed by atoms with Crippen molar-refractivity contribution in [2.75, 3.05) is 0 Å². The molecular formula is C17H17FN2. The van der Waals surface area contributed by atoms with E-state index in [0.717, 1.165) is 11.1 Å². The van der Waals surface area contributed by atoms with Crippen molar-refractivity contribution in [3.05, 3.63) is 71.5 Å². The second-order valence-corrected chi connectivity index (χ2v) is 5.09. The SMILES string of the molecule is CC(C#N)(Cc1cccc(F)c1)NCc1ccccc1. The van der Waals surface area contributed by atoms with Gasteiger partial charge >= 0.3 is 0 Å². The molecule has 0 amide bonds. The third-order valence-corrected chi connectivity index (χ3v) is 3.22. The van der Waals surface area contributed by atoms with E-state index < -0.39 is 5.54 Å². The maximum Gasteiger partial charge on any atom is 0.123 e. The van der Waals surface area contributed by atoms with Gasteiger partial charge in [-0.15, -0.1) is 0 Å². The molecule has 0 aliphatic rings. The molecule has 0 fully saturated rings. The van der Waals surface area contributed by atoms with Crippen LogP contribution in [0.1, 0.15) is 18.1 Å². The first-order valence-electron chi connectivity index (χ1n) is 6.56. The number of rotatable bonds is 5. The van der Waals surface area contributed by atoms with Crippen molar-refractivity contribution in [1.29, 1.82) is 5.26 Å². The van der Waals surface area contributed by atoms with Gasteiger partial charge in [-0.05, 0) is 30.2 Å². The lowest BCUT2D eigenvalue weighted by Crippen LogP contribution is -2.42. The second kappa shape index (κ2) is 6.31. The van der Waals surface area contributed by atoms with Crippen molar-refractivity contribution in [1.82, 2.24) is 5.32 Å². The standard InChI is InChI=1S/C17H17FN2/c1-17(13-19,11-15-8-5-9-16(18)10-15)20-12-14-6-3-2-4-7-14/h2-10,20H,11-12H2,1H3. The molecule has 0 bridgehead atoms. The van der Waals surface area contributed by atoms with E-state index in [4.69, 9.17) is 0 Å². The van der Waals surface area contributed by atoms with Crippen LogP contribution in [0.25, 0.3) is 0 Å². The smallest absolute Gasteiger partial charge is 0.123 e. The number of benzene rings is 2. The Labute approximate surface area is 118 Å². The number of nitrogens with one attached hydrogen (secondary N) is 1. The highest BCUT2D eigenvalue weighted by Gasteiger charge is 2.23. The van der Waals surface area contributed by atoms with Crippen molar-refractivity contribution in [3.63, 3.8) is 0 Å². The Morgan fingerprint density at radius 1 is 1.10 bits per heavy atom. The quantitative estimate of drug-likeness (QED) is 0.901. The number of hydrogen-bond donors (Lipinski definition) is 1. The molecule has 0 heterocycles. The molecule has 2 aromatic rings. The number of halogens is 1. The summed E-state index contributed by atoms with van der Waals surface area (Å²) in [6.07, 6.45) is 0.466. The normalized spacial score (nSPS) is 13.4. The van der Waals surface area contributed by atoms with E-state index in [2.05, 4.69) is 11.4 Å². The van der Waals surface area contributed by atoms with Gasteiger partial charge in [0.25, 0.3) is 0 Å². The van der Waals surface area contributed by atoms with Crippen molar-refractivity contribution >= 4 is 0 Å². The van der Waals surface area contributed by atoms with Gasteiger partial charge in [-0.3, -0.25) is 5.32 Å². The van der Waals surface area contributed by atoms with Gasteiger partial charge in [0, 0.05) is 13.0 Å². The monoisotopic (exact) mass is 268 g/mol. The zero-order valence-corrected chi connectivity index (χ0v) is 11.4. The van der Waals surface area contributed by atoms with Crippen LogP contribution < -0.4 is 5.32 Å². The predicted octanol–water partition coefficient (Wildman–Crippen LogP) is 3.44. The molecule has 1 atom stereocenters. The molecule has 102 valence electrons. The molecule has 20 heavy (non-hydrogen) atoms. The Bertz CT molecular complexity index is 604. The fourth-order valence-electron chi connectivity index (χ4n) is 2.09. The second-order valence-electron chi connectivity index (χ2n) is 5.09. The van der Waals surface area contributed by atoms with E-state index in [9.17, 15) is 9.65 Å². The summed E-state index contributed by atoms with van der Waals surface area (Å²) in [6, 6.07) is 18.6. The van der Waals surface area contributed by atoms with Crippen LogP contribution in [0.4, 0.5) is 4.39 Å². The van der Waals surface area contributed by atoms with E-state index >= 15 is 0 Å². The summed E-state index contributed by atoms with van der Waals surface area (Å²) in [5.74, 6) is -0.272. The molecule has 1 N–H and O–H groups in total. The van der Waals surface area contributed by atoms with Crippen LogP contribution in [0.2, 0.25) is 0 Å². The lowest BCUT2D eigenvalue weighted by molar-refractivity contribution is 0.442. The maximum atomic E-state index is 13.2. The first-order valence-corrected chi connectivity index (χ1v) is 6.56. The average molecular weight is 268 g/mol. The lowest BCUT2D eigenvalue weighted by Gasteiger charge is -2.23. The van der Waals surface area contributed by atoms with Crippen molar-refractivity contribution in [2.24, 2.45) is 0 Å². The van der Waals surface area contributed by atoms with Gasteiger partial charge in [0.2, 0.25) is 0 Å². The van der Waals surface area contributed by atoms with E-state index in [1.165, 1.54) is 12.1 Å². The summed E-state index contributed by atoms with van der Waals surface area (Å²) in [7, 11) is 0. The fourth-order valence-corrected chi connectivity index (χ4v) is 2.09. The zero-order valence-electron chi connectivity index (χ0n) is 11.4. The Balaban J connectivity index is 2.04. The largest absolute Gasteiger partial charge is 0.295 e. The molecule has 2 aromatic carbocycles. The minimum absolute atomic E-state index is 0.272. The third kappa shape index (κ3) is 3.91. The van der Waals surface area contributed by atoms with Gasteiger partial charge in [0.05, 0.1) is 6.07 Å². The van der Waals surface area contributed by atoms with Crippen LogP contribution in [-0.2, 0) is 13.0 Å². The predicted molar refractivity (Wildman–Crippen MR) is 77.4 cm³/mol. The first kappa shape index (κ1) is 14.2. The van der Waals surface area contributed by atoms with Crippen LogP contribution in [0.15, 0.2) is 54.6 Å². The molecule has 0 aliphatic carbocycles. The Morgan fingerprint density at radius 2 is 1.80 bits per heavy atom. The summed E-state index contributed by atoms with van der Waals surface area (Å²) in [4.78, 5) is 0. The Morgan fingerprint density at radius 3 is 2.45 bits per heavy atom. The zero-order chi connectivity index (χ0) is 14.4. The minimum atomic E-state index is -0.719. The van der Waals surface area contributed by atoms with Crippen LogP contribution in [-0.4, -0.2) is 5.54 Å². The van der Waals surface area contributed by atoms with Crippen LogP contribution >= 0.6 is 0 Å². The topological polar surface area (TPSA) is 35.8 Å². The van der Waals surface area contributed by atoms with Crippen LogP contribution in [0.3, 0.4) is 0 Å². The third-order valence-electron chi connectivity index (χ3n) is 3.22. The molecule has 0 radical (unpaired) electrons. The molecular weight excluding hydrogens is 251 g/mol. The molecule has 3 heteroatoms. The summed E-state index contributed by atoms with van der Waals surface area (Å²) >= 11 is 0. The average Bonchev–Trinajstić information content (AvgIpc) is 2.46. The highest BCUT2D eigenvalue weighted by Crippen LogP contribution is 2.14. The van der Waals surface area contributed by atoms with Gasteiger partial charge in [-0.1, -0.05) is 42.5 Å². The summed E-state index contributed by atoms with van der Waals surface area (Å²) < 4.78 is 13.2. The highest BCUT2D eigenvalue weighted by atomic mass is 19.1. The van der Waals surface area contributed by atoms with Gasteiger partial charge in [-0.25, -0.2) is 4.39 Å². The fraction of sp³-hybridized carbons (Fsp3) is 0.235. The molecule has 2 rings (SSSR count). The molecule has 1 unspecified atom stereocenters. The number of hydrogen-bond acceptors (Lipinski definition) is 2. The van der Waals surface area contributed by atoms with Crippen molar-refractivity contribution in [2.45, 2.75) is 25.4 Å². The molecule has 0 saturated heterocycles. The first-order chi connectivity index (χ1) is 9.61. The number of nitrogens with zero attached hydrogens (tertiary/aromatic N) is 1. The summed E-state index contributed by atoms with van der Waals surface area (Å²) in [5, 5.41) is 12.6. The van der Waals surface area contributed by atoms with E-state index in [1.54, 1.807) is 6.07 Å². The van der Waals surface area contributed by atoms with Crippen LogP contribution in [0.5, 0.6) is 0 Å². The van der Waals surface area contributed by atoms with Gasteiger partial charge in [-0.2, -0.15) is 5.26 Å². The van der Waals surface area contributed by atoms with Gasteiger partial charge < -0.3 is 0 Å². The van der Waals surface area contributed by atoms with Crippen LogP contribution in [0, 0.1) is 17.1 Å². The van der Waals surface area contributed by atoms with E-state index in [1.807, 2.05) is 43.3 Å².